The molecule has 0 bridgehead atoms. The zero-order chi connectivity index (χ0) is 29.2. The first-order valence-electron chi connectivity index (χ1n) is 15.5. The summed E-state index contributed by atoms with van der Waals surface area (Å²) < 4.78 is 17.2. The molecule has 0 atom stereocenters. The third-order valence-corrected chi connectivity index (χ3v) is 9.14. The summed E-state index contributed by atoms with van der Waals surface area (Å²) in [5, 5.41) is 0. The molecule has 6 heteroatoms. The second kappa shape index (κ2) is 14.6. The summed E-state index contributed by atoms with van der Waals surface area (Å²) in [4.78, 5) is 17.9. The lowest BCUT2D eigenvalue weighted by Gasteiger charge is -2.45. The predicted molar refractivity (Wildman–Crippen MR) is 167 cm³/mol. The average Bonchev–Trinajstić information content (AvgIpc) is 3.03. The quantitative estimate of drug-likeness (QED) is 0.322. The molecule has 1 saturated heterocycles. The number of likely N-dealkylation sites (tertiary alicyclic amines) is 1. The van der Waals surface area contributed by atoms with E-state index in [0.717, 1.165) is 81.2 Å². The molecule has 2 aliphatic heterocycles. The second-order valence-electron chi connectivity index (χ2n) is 11.9. The number of para-hydroxylation sites is 2. The van der Waals surface area contributed by atoms with Crippen molar-refractivity contribution < 1.29 is 19.0 Å². The highest BCUT2D eigenvalue weighted by Gasteiger charge is 2.37. The van der Waals surface area contributed by atoms with Gasteiger partial charge in [0.05, 0.1) is 14.2 Å². The summed E-state index contributed by atoms with van der Waals surface area (Å²) in [6.07, 6.45) is 7.91. The van der Waals surface area contributed by atoms with Crippen LogP contribution in [0.5, 0.6) is 17.2 Å². The Kier molecular flexibility index (Phi) is 10.4. The van der Waals surface area contributed by atoms with Crippen LogP contribution in [0.15, 0.2) is 72.8 Å². The number of rotatable bonds is 7. The van der Waals surface area contributed by atoms with Crippen LogP contribution in [0.4, 0.5) is 0 Å². The van der Waals surface area contributed by atoms with Gasteiger partial charge in [0.25, 0.3) is 0 Å². The third-order valence-electron chi connectivity index (χ3n) is 9.14. The maximum atomic E-state index is 13.3. The van der Waals surface area contributed by atoms with E-state index in [4.69, 9.17) is 14.2 Å². The van der Waals surface area contributed by atoms with E-state index in [1.54, 1.807) is 14.2 Å². The Morgan fingerprint density at radius 2 is 1.62 bits per heavy atom. The summed E-state index contributed by atoms with van der Waals surface area (Å²) in [5.41, 5.74) is 3.88. The van der Waals surface area contributed by atoms with Crippen molar-refractivity contribution in [2.24, 2.45) is 5.41 Å². The smallest absolute Gasteiger partial charge is 0.222 e. The molecule has 0 aliphatic carbocycles. The van der Waals surface area contributed by atoms with E-state index in [-0.39, 0.29) is 11.3 Å². The summed E-state index contributed by atoms with van der Waals surface area (Å²) in [5.74, 6) is 3.02. The van der Waals surface area contributed by atoms with Crippen molar-refractivity contribution in [2.45, 2.75) is 57.9 Å². The summed E-state index contributed by atoms with van der Waals surface area (Å²) in [7, 11) is 3.40. The van der Waals surface area contributed by atoms with E-state index in [1.807, 2.05) is 30.3 Å². The number of methoxy groups -OCH3 is 2. The Balaban J connectivity index is 1.26. The number of ether oxygens (including phenoxy) is 3. The molecule has 5 rings (SSSR count). The molecule has 6 nitrogen and oxygen atoms in total. The highest BCUT2D eigenvalue weighted by atomic mass is 16.5. The first kappa shape index (κ1) is 30.0. The van der Waals surface area contributed by atoms with Crippen molar-refractivity contribution >= 4 is 5.91 Å². The molecule has 0 saturated carbocycles. The molecule has 3 aromatic carbocycles. The van der Waals surface area contributed by atoms with Crippen LogP contribution in [-0.2, 0) is 24.2 Å². The fourth-order valence-corrected chi connectivity index (χ4v) is 6.66. The highest BCUT2D eigenvalue weighted by molar-refractivity contribution is 5.76. The van der Waals surface area contributed by atoms with Gasteiger partial charge in [0.15, 0.2) is 0 Å². The van der Waals surface area contributed by atoms with Gasteiger partial charge < -0.3 is 19.1 Å². The minimum atomic E-state index is 0.199. The lowest BCUT2D eigenvalue weighted by atomic mass is 9.73. The fraction of sp³-hybridized carbons (Fsp3) is 0.472. The van der Waals surface area contributed by atoms with E-state index in [9.17, 15) is 4.79 Å². The van der Waals surface area contributed by atoms with Crippen molar-refractivity contribution in [3.05, 3.63) is 89.5 Å². The summed E-state index contributed by atoms with van der Waals surface area (Å²) in [6.45, 7) is 5.09. The van der Waals surface area contributed by atoms with Gasteiger partial charge in [-0.05, 0) is 84.9 Å². The number of fused-ring (bicyclic) bond motifs is 1. The standard InChI is InChI=1S/C36H46N2O4/c1-40-32-17-14-29(15-18-32)27-37-25-26-42-34-13-6-4-9-30(34)11-7-8-20-36(28-37)21-23-38(24-22-36)35(39)19-16-31-10-3-5-12-33(31)41-2/h3-6,9-10,12-15,17-18H,7-8,11,16,19-28H2,1-2H3. The molecule has 1 fully saturated rings. The third kappa shape index (κ3) is 7.86. The molecular formula is C36H46N2O4. The van der Waals surface area contributed by atoms with Gasteiger partial charge >= 0.3 is 0 Å². The van der Waals surface area contributed by atoms with Crippen LogP contribution in [0.3, 0.4) is 0 Å². The topological polar surface area (TPSA) is 51.2 Å². The normalized spacial score (nSPS) is 17.8. The van der Waals surface area contributed by atoms with Crippen molar-refractivity contribution in [1.82, 2.24) is 9.80 Å². The maximum Gasteiger partial charge on any atom is 0.222 e. The van der Waals surface area contributed by atoms with Crippen LogP contribution in [0.1, 0.15) is 55.2 Å². The average molecular weight is 571 g/mol. The summed E-state index contributed by atoms with van der Waals surface area (Å²) in [6, 6.07) is 24.9. The number of nitrogens with zero attached hydrogens (tertiary/aromatic N) is 2. The zero-order valence-corrected chi connectivity index (χ0v) is 25.4. The van der Waals surface area contributed by atoms with Crippen molar-refractivity contribution in [2.75, 3.05) is 47.0 Å². The van der Waals surface area contributed by atoms with Gasteiger partial charge in [0, 0.05) is 39.1 Å². The number of carbonyl (C=O) groups excluding carboxylic acids is 1. The Morgan fingerprint density at radius 3 is 2.40 bits per heavy atom. The molecule has 0 unspecified atom stereocenters. The maximum absolute atomic E-state index is 13.3. The minimum Gasteiger partial charge on any atom is -0.497 e. The van der Waals surface area contributed by atoms with Gasteiger partial charge in [0.2, 0.25) is 5.91 Å². The monoisotopic (exact) mass is 570 g/mol. The number of aryl methyl sites for hydroxylation is 2. The molecule has 224 valence electrons. The van der Waals surface area contributed by atoms with Crippen LogP contribution >= 0.6 is 0 Å². The molecule has 2 heterocycles. The zero-order valence-electron chi connectivity index (χ0n) is 25.4. The van der Waals surface area contributed by atoms with Crippen LogP contribution in [-0.4, -0.2) is 62.7 Å². The lowest BCUT2D eigenvalue weighted by Crippen LogP contribution is -2.48. The number of hydrogen-bond donors (Lipinski definition) is 0. The van der Waals surface area contributed by atoms with Gasteiger partial charge in [-0.2, -0.15) is 0 Å². The fourth-order valence-electron chi connectivity index (χ4n) is 6.66. The van der Waals surface area contributed by atoms with Crippen LogP contribution in [0.2, 0.25) is 0 Å². The van der Waals surface area contributed by atoms with E-state index < -0.39 is 0 Å². The molecular weight excluding hydrogens is 524 g/mol. The van der Waals surface area contributed by atoms with Gasteiger partial charge in [-0.25, -0.2) is 0 Å². The van der Waals surface area contributed by atoms with Gasteiger partial charge in [0.1, 0.15) is 23.9 Å². The van der Waals surface area contributed by atoms with E-state index in [1.165, 1.54) is 24.0 Å². The minimum absolute atomic E-state index is 0.199. The lowest BCUT2D eigenvalue weighted by molar-refractivity contribution is -0.133. The molecule has 0 aromatic heterocycles. The Hall–Kier alpha value is -3.51. The first-order chi connectivity index (χ1) is 20.6. The molecule has 1 spiro atoms. The highest BCUT2D eigenvalue weighted by Crippen LogP contribution is 2.39. The largest absolute Gasteiger partial charge is 0.497 e. The molecule has 2 aliphatic rings. The molecule has 1 amide bonds. The number of hydrogen-bond acceptors (Lipinski definition) is 5. The van der Waals surface area contributed by atoms with Crippen molar-refractivity contribution in [3.8, 4) is 17.2 Å². The Labute approximate surface area is 251 Å². The molecule has 0 radical (unpaired) electrons. The van der Waals surface area contributed by atoms with Crippen molar-refractivity contribution in [3.63, 3.8) is 0 Å². The molecule has 42 heavy (non-hydrogen) atoms. The van der Waals surface area contributed by atoms with Crippen molar-refractivity contribution in [1.29, 1.82) is 0 Å². The van der Waals surface area contributed by atoms with Gasteiger partial charge in [-0.15, -0.1) is 0 Å². The number of piperidine rings is 1. The Morgan fingerprint density at radius 1 is 0.857 bits per heavy atom. The number of benzene rings is 3. The van der Waals surface area contributed by atoms with E-state index in [0.29, 0.717) is 19.4 Å². The SMILES string of the molecule is COc1ccc(CN2CCOc3ccccc3CCCCC3(CCN(C(=O)CCc4ccccc4OC)CC3)C2)cc1. The van der Waals surface area contributed by atoms with E-state index >= 15 is 0 Å². The Bertz CT molecular complexity index is 1280. The number of carbonyl (C=O) groups is 1. The molecule has 3 aromatic rings. The van der Waals surface area contributed by atoms with Gasteiger partial charge in [-0.3, -0.25) is 9.69 Å². The van der Waals surface area contributed by atoms with Crippen LogP contribution in [0, 0.1) is 5.41 Å². The first-order valence-corrected chi connectivity index (χ1v) is 15.5. The summed E-state index contributed by atoms with van der Waals surface area (Å²) >= 11 is 0. The van der Waals surface area contributed by atoms with Gasteiger partial charge in [-0.1, -0.05) is 55.0 Å². The predicted octanol–water partition coefficient (Wildman–Crippen LogP) is 6.55. The number of amides is 1. The van der Waals surface area contributed by atoms with Crippen LogP contribution < -0.4 is 14.2 Å². The van der Waals surface area contributed by atoms with Crippen LogP contribution in [0.25, 0.3) is 0 Å². The van der Waals surface area contributed by atoms with E-state index in [2.05, 4.69) is 52.3 Å². The second-order valence-corrected chi connectivity index (χ2v) is 11.9. The molecule has 0 N–H and O–H groups in total.